The first-order valence-corrected chi connectivity index (χ1v) is 6.56. The highest BCUT2D eigenvalue weighted by atomic mass is 15.1. The number of fused-ring (bicyclic) bond motifs is 1. The Kier molecular flexibility index (Phi) is 3.52. The summed E-state index contributed by atoms with van der Waals surface area (Å²) in [6.45, 7) is 0.463. The lowest BCUT2D eigenvalue weighted by Crippen LogP contribution is -1.95. The zero-order valence-corrected chi connectivity index (χ0v) is 11.0. The van der Waals surface area contributed by atoms with Crippen molar-refractivity contribution >= 4 is 22.1 Å². The van der Waals surface area contributed by atoms with Crippen molar-refractivity contribution in [2.75, 3.05) is 0 Å². The van der Waals surface area contributed by atoms with Crippen LogP contribution in [0.2, 0.25) is 0 Å². The summed E-state index contributed by atoms with van der Waals surface area (Å²) < 4.78 is 0. The number of nitrogens with zero attached hydrogens (tertiary/aromatic N) is 2. The van der Waals surface area contributed by atoms with E-state index < -0.39 is 0 Å². The molecule has 0 saturated carbocycles. The highest BCUT2D eigenvalue weighted by Crippen LogP contribution is 2.28. The van der Waals surface area contributed by atoms with Crippen LogP contribution in [0.4, 0.5) is 11.4 Å². The lowest BCUT2D eigenvalue weighted by atomic mass is 10.1. The van der Waals surface area contributed by atoms with Crippen LogP contribution in [0.15, 0.2) is 77.0 Å². The molecule has 0 heterocycles. The number of azo groups is 1. The molecule has 2 N–H and O–H groups in total. The quantitative estimate of drug-likeness (QED) is 0.682. The predicted octanol–water partition coefficient (Wildman–Crippen LogP) is 4.71. The second kappa shape index (κ2) is 5.63. The van der Waals surface area contributed by atoms with E-state index in [4.69, 9.17) is 5.73 Å². The molecule has 3 heteroatoms. The molecule has 0 aliphatic rings. The largest absolute Gasteiger partial charge is 0.326 e. The van der Waals surface area contributed by atoms with Gasteiger partial charge in [-0.25, -0.2) is 0 Å². The second-order valence-corrected chi connectivity index (χ2v) is 4.53. The summed E-state index contributed by atoms with van der Waals surface area (Å²) in [5.41, 5.74) is 8.40. The summed E-state index contributed by atoms with van der Waals surface area (Å²) >= 11 is 0. The van der Waals surface area contributed by atoms with E-state index in [1.807, 2.05) is 48.5 Å². The van der Waals surface area contributed by atoms with Gasteiger partial charge >= 0.3 is 0 Å². The molecule has 0 atom stereocenters. The highest BCUT2D eigenvalue weighted by molar-refractivity contribution is 5.92. The summed E-state index contributed by atoms with van der Waals surface area (Å²) in [6.07, 6.45) is 0. The van der Waals surface area contributed by atoms with Crippen LogP contribution >= 0.6 is 0 Å². The summed E-state index contributed by atoms with van der Waals surface area (Å²) in [5, 5.41) is 11.0. The van der Waals surface area contributed by atoms with Crippen molar-refractivity contribution in [2.24, 2.45) is 16.0 Å². The number of rotatable bonds is 3. The maximum Gasteiger partial charge on any atom is 0.0935 e. The average molecular weight is 261 g/mol. The number of hydrogen-bond acceptors (Lipinski definition) is 3. The molecular weight excluding hydrogens is 246 g/mol. The van der Waals surface area contributed by atoms with Gasteiger partial charge in [0.2, 0.25) is 0 Å². The van der Waals surface area contributed by atoms with Crippen LogP contribution in [-0.2, 0) is 6.54 Å². The van der Waals surface area contributed by atoms with Crippen LogP contribution in [-0.4, -0.2) is 0 Å². The van der Waals surface area contributed by atoms with Crippen LogP contribution in [0, 0.1) is 0 Å². The summed E-state index contributed by atoms with van der Waals surface area (Å²) in [7, 11) is 0. The normalized spacial score (nSPS) is 11.2. The maximum absolute atomic E-state index is 5.71. The Bertz CT molecular complexity index is 758. The van der Waals surface area contributed by atoms with E-state index in [0.29, 0.717) is 6.54 Å². The third-order valence-corrected chi connectivity index (χ3v) is 3.24. The SMILES string of the molecule is NCc1ccccc1N=Nc1cccc2ccccc12. The Morgan fingerprint density at radius 2 is 1.35 bits per heavy atom. The van der Waals surface area contributed by atoms with Gasteiger partial charge < -0.3 is 5.73 Å². The molecule has 98 valence electrons. The van der Waals surface area contributed by atoms with Crippen molar-refractivity contribution in [3.05, 3.63) is 72.3 Å². The van der Waals surface area contributed by atoms with Crippen molar-refractivity contribution in [1.82, 2.24) is 0 Å². The van der Waals surface area contributed by atoms with Crippen LogP contribution in [0.25, 0.3) is 10.8 Å². The zero-order chi connectivity index (χ0) is 13.8. The molecule has 3 rings (SSSR count). The van der Waals surface area contributed by atoms with Gasteiger partial charge in [-0.2, -0.15) is 5.11 Å². The van der Waals surface area contributed by atoms with Gasteiger partial charge in [0.05, 0.1) is 11.4 Å². The van der Waals surface area contributed by atoms with Crippen molar-refractivity contribution in [3.63, 3.8) is 0 Å². The van der Waals surface area contributed by atoms with Gasteiger partial charge in [-0.05, 0) is 23.1 Å². The number of benzene rings is 3. The Morgan fingerprint density at radius 3 is 2.25 bits per heavy atom. The summed E-state index contributed by atoms with van der Waals surface area (Å²) in [5.74, 6) is 0. The number of nitrogens with two attached hydrogens (primary N) is 1. The van der Waals surface area contributed by atoms with Crippen LogP contribution in [0.1, 0.15) is 5.56 Å². The first-order chi connectivity index (χ1) is 9.88. The third kappa shape index (κ3) is 2.44. The Balaban J connectivity index is 2.03. The molecule has 0 bridgehead atoms. The molecule has 3 nitrogen and oxygen atoms in total. The van der Waals surface area contributed by atoms with Gasteiger partial charge in [-0.1, -0.05) is 54.6 Å². The first-order valence-electron chi connectivity index (χ1n) is 6.56. The fraction of sp³-hybridized carbons (Fsp3) is 0.0588. The lowest BCUT2D eigenvalue weighted by molar-refractivity contribution is 1.05. The fourth-order valence-corrected chi connectivity index (χ4v) is 2.18. The van der Waals surface area contributed by atoms with E-state index in [1.165, 1.54) is 0 Å². The van der Waals surface area contributed by atoms with Crippen LogP contribution < -0.4 is 5.73 Å². The summed E-state index contributed by atoms with van der Waals surface area (Å²) in [6, 6.07) is 22.0. The average Bonchev–Trinajstić information content (AvgIpc) is 2.53. The molecule has 0 aliphatic carbocycles. The molecular formula is C17H15N3. The molecule has 0 radical (unpaired) electrons. The summed E-state index contributed by atoms with van der Waals surface area (Å²) in [4.78, 5) is 0. The predicted molar refractivity (Wildman–Crippen MR) is 82.5 cm³/mol. The molecule has 3 aromatic rings. The molecule has 20 heavy (non-hydrogen) atoms. The molecule has 0 aliphatic heterocycles. The van der Waals surface area contributed by atoms with E-state index in [9.17, 15) is 0 Å². The lowest BCUT2D eigenvalue weighted by Gasteiger charge is -2.02. The minimum Gasteiger partial charge on any atom is -0.326 e. The van der Waals surface area contributed by atoms with Gasteiger partial charge in [0.15, 0.2) is 0 Å². The molecule has 0 fully saturated rings. The van der Waals surface area contributed by atoms with E-state index in [-0.39, 0.29) is 0 Å². The van der Waals surface area contributed by atoms with Gasteiger partial charge in [0.25, 0.3) is 0 Å². The monoisotopic (exact) mass is 261 g/mol. The van der Waals surface area contributed by atoms with Crippen molar-refractivity contribution in [1.29, 1.82) is 0 Å². The van der Waals surface area contributed by atoms with Crippen molar-refractivity contribution < 1.29 is 0 Å². The Labute approximate surface area is 117 Å². The minimum absolute atomic E-state index is 0.463. The fourth-order valence-electron chi connectivity index (χ4n) is 2.18. The molecule has 0 unspecified atom stereocenters. The Morgan fingerprint density at radius 1 is 0.700 bits per heavy atom. The standard InChI is InChI=1S/C17H15N3/c18-12-14-7-2-4-10-16(14)19-20-17-11-5-8-13-6-1-3-9-15(13)17/h1-11H,12,18H2. The Hall–Kier alpha value is -2.52. The molecule has 0 aromatic heterocycles. The number of hydrogen-bond donors (Lipinski definition) is 1. The smallest absolute Gasteiger partial charge is 0.0935 e. The van der Waals surface area contributed by atoms with Gasteiger partial charge in [-0.3, -0.25) is 0 Å². The van der Waals surface area contributed by atoms with E-state index in [0.717, 1.165) is 27.7 Å². The van der Waals surface area contributed by atoms with Gasteiger partial charge in [-0.15, -0.1) is 5.11 Å². The highest BCUT2D eigenvalue weighted by Gasteiger charge is 2.00. The molecule has 0 spiro atoms. The van der Waals surface area contributed by atoms with Gasteiger partial charge in [0.1, 0.15) is 0 Å². The van der Waals surface area contributed by atoms with Gasteiger partial charge in [0, 0.05) is 11.9 Å². The zero-order valence-electron chi connectivity index (χ0n) is 11.0. The van der Waals surface area contributed by atoms with E-state index in [2.05, 4.69) is 28.4 Å². The van der Waals surface area contributed by atoms with E-state index in [1.54, 1.807) is 0 Å². The maximum atomic E-state index is 5.71. The van der Waals surface area contributed by atoms with Crippen LogP contribution in [0.5, 0.6) is 0 Å². The third-order valence-electron chi connectivity index (χ3n) is 3.24. The molecule has 0 saturated heterocycles. The first kappa shape index (κ1) is 12.5. The van der Waals surface area contributed by atoms with Crippen LogP contribution in [0.3, 0.4) is 0 Å². The van der Waals surface area contributed by atoms with Crippen molar-refractivity contribution in [2.45, 2.75) is 6.54 Å². The minimum atomic E-state index is 0.463. The van der Waals surface area contributed by atoms with E-state index >= 15 is 0 Å². The molecule has 3 aromatic carbocycles. The topological polar surface area (TPSA) is 50.7 Å². The second-order valence-electron chi connectivity index (χ2n) is 4.53. The molecule has 0 amide bonds. The van der Waals surface area contributed by atoms with Crippen molar-refractivity contribution in [3.8, 4) is 0 Å².